The molecule has 4 rings (SSSR count). The second kappa shape index (κ2) is 10.00. The van der Waals surface area contributed by atoms with Crippen molar-refractivity contribution in [3.05, 3.63) is 64.6 Å². The van der Waals surface area contributed by atoms with E-state index in [9.17, 15) is 14.4 Å². The Bertz CT molecular complexity index is 1240. The van der Waals surface area contributed by atoms with Crippen molar-refractivity contribution in [2.24, 2.45) is 5.92 Å². The molecule has 0 spiro atoms. The van der Waals surface area contributed by atoms with E-state index in [1.165, 1.54) is 12.1 Å². The molecular formula is C25H30FN7O. The highest BCUT2D eigenvalue weighted by molar-refractivity contribution is 6.03. The molecule has 3 aromatic rings. The van der Waals surface area contributed by atoms with Gasteiger partial charge in [-0.25, -0.2) is 14.4 Å². The minimum absolute atomic E-state index is 0. The molecule has 0 aliphatic carbocycles. The molecule has 1 aliphatic rings. The normalized spacial score (nSPS) is 14.9. The lowest BCUT2D eigenvalue weighted by Crippen LogP contribution is -2.49. The lowest BCUT2D eigenvalue weighted by molar-refractivity contribution is -0.118. The van der Waals surface area contributed by atoms with Gasteiger partial charge in [0.2, 0.25) is 5.91 Å². The Balaban J connectivity index is 0.00000324. The number of amides is 1. The zero-order chi connectivity index (χ0) is 23.7. The lowest BCUT2D eigenvalue weighted by atomic mass is 9.99. The summed E-state index contributed by atoms with van der Waals surface area (Å²) in [4.78, 5) is 23.8. The number of fused-ring (bicyclic) bond motifs is 1. The Morgan fingerprint density at radius 1 is 1.26 bits per heavy atom. The van der Waals surface area contributed by atoms with Crippen LogP contribution in [0.25, 0.3) is 0 Å². The molecule has 0 saturated carbocycles. The number of rotatable bonds is 6. The van der Waals surface area contributed by atoms with Crippen LogP contribution < -0.4 is 10.2 Å². The Labute approximate surface area is 199 Å². The SMILES string of the molecule is C.Cc1nc(CCc2cnn(Cc3ccc(F)cc3C#N)c2)nc2c1NC(=O)[C@H](C(C)C)N2C. The fourth-order valence-corrected chi connectivity index (χ4v) is 4.23. The van der Waals surface area contributed by atoms with Gasteiger partial charge < -0.3 is 10.2 Å². The molecule has 1 N–H and O–H groups in total. The van der Waals surface area contributed by atoms with E-state index in [-0.39, 0.29) is 25.3 Å². The maximum atomic E-state index is 13.4. The lowest BCUT2D eigenvalue weighted by Gasteiger charge is -2.36. The number of likely N-dealkylation sites (N-methyl/N-ethyl adjacent to an activating group) is 1. The molecule has 34 heavy (non-hydrogen) atoms. The van der Waals surface area contributed by atoms with Gasteiger partial charge in [0.05, 0.1) is 30.1 Å². The number of aromatic nitrogens is 4. The first kappa shape index (κ1) is 24.8. The maximum Gasteiger partial charge on any atom is 0.247 e. The van der Waals surface area contributed by atoms with Crippen molar-refractivity contribution in [1.82, 2.24) is 19.7 Å². The van der Waals surface area contributed by atoms with E-state index in [4.69, 9.17) is 4.98 Å². The standard InChI is InChI=1S/C24H26FN7O.CH4/c1-14(2)22-24(33)30-21-15(3)28-20(29-23(21)31(22)4)8-5-16-11-27-32(12-16)13-17-6-7-19(25)9-18(17)10-26;/h6-7,9,11-12,14,22H,5,8,13H2,1-4H3,(H,30,33);1H4/t22-;/m0./s1. The van der Waals surface area contributed by atoms with Crippen LogP contribution >= 0.6 is 0 Å². The fraction of sp³-hybridized carbons (Fsp3) is 0.400. The summed E-state index contributed by atoms with van der Waals surface area (Å²) in [5.41, 5.74) is 3.45. The summed E-state index contributed by atoms with van der Waals surface area (Å²) in [6, 6.07) is 5.94. The number of halogens is 1. The van der Waals surface area contributed by atoms with Crippen molar-refractivity contribution in [1.29, 1.82) is 5.26 Å². The van der Waals surface area contributed by atoms with Crippen molar-refractivity contribution < 1.29 is 9.18 Å². The van der Waals surface area contributed by atoms with E-state index in [1.54, 1.807) is 16.9 Å². The van der Waals surface area contributed by atoms with Gasteiger partial charge in [0.1, 0.15) is 23.4 Å². The Morgan fingerprint density at radius 3 is 2.74 bits per heavy atom. The van der Waals surface area contributed by atoms with Crippen LogP contribution in [0.5, 0.6) is 0 Å². The fourth-order valence-electron chi connectivity index (χ4n) is 4.23. The van der Waals surface area contributed by atoms with E-state index in [0.717, 1.165) is 17.1 Å². The molecule has 0 unspecified atom stereocenters. The number of carbonyl (C=O) groups is 1. The third kappa shape index (κ3) is 4.91. The van der Waals surface area contributed by atoms with Crippen LogP contribution in [0.4, 0.5) is 15.9 Å². The van der Waals surface area contributed by atoms with Gasteiger partial charge in [-0.3, -0.25) is 9.48 Å². The summed E-state index contributed by atoms with van der Waals surface area (Å²) in [7, 11) is 1.90. The Hall–Kier alpha value is -3.80. The van der Waals surface area contributed by atoms with Crippen LogP contribution in [0.3, 0.4) is 0 Å². The number of aryl methyl sites for hydroxylation is 3. The molecule has 3 heterocycles. The summed E-state index contributed by atoms with van der Waals surface area (Å²) in [5.74, 6) is 1.13. The molecule has 1 aromatic carbocycles. The topological polar surface area (TPSA) is 99.7 Å². The first-order valence-electron chi connectivity index (χ1n) is 10.9. The number of carbonyl (C=O) groups excluding carboxylic acids is 1. The van der Waals surface area contributed by atoms with Crippen LogP contribution in [-0.4, -0.2) is 38.7 Å². The highest BCUT2D eigenvalue weighted by Gasteiger charge is 2.35. The molecule has 0 fully saturated rings. The monoisotopic (exact) mass is 463 g/mol. The molecule has 8 nitrogen and oxygen atoms in total. The van der Waals surface area contributed by atoms with E-state index in [0.29, 0.717) is 42.0 Å². The van der Waals surface area contributed by atoms with Crippen molar-refractivity contribution >= 4 is 17.4 Å². The summed E-state index contributed by atoms with van der Waals surface area (Å²) < 4.78 is 15.1. The van der Waals surface area contributed by atoms with Gasteiger partial charge in [0.25, 0.3) is 0 Å². The molecule has 178 valence electrons. The highest BCUT2D eigenvalue weighted by Crippen LogP contribution is 2.33. The number of nitriles is 1. The number of hydrogen-bond acceptors (Lipinski definition) is 6. The van der Waals surface area contributed by atoms with Gasteiger partial charge in [0, 0.05) is 19.7 Å². The molecule has 0 saturated heterocycles. The summed E-state index contributed by atoms with van der Waals surface area (Å²) in [6.07, 6.45) is 5.00. The van der Waals surface area contributed by atoms with Gasteiger partial charge in [-0.05, 0) is 42.5 Å². The van der Waals surface area contributed by atoms with Crippen molar-refractivity contribution in [2.45, 2.75) is 53.6 Å². The van der Waals surface area contributed by atoms with Gasteiger partial charge in [-0.15, -0.1) is 0 Å². The van der Waals surface area contributed by atoms with E-state index in [1.807, 2.05) is 45.0 Å². The molecule has 1 amide bonds. The van der Waals surface area contributed by atoms with E-state index >= 15 is 0 Å². The zero-order valence-corrected chi connectivity index (χ0v) is 19.1. The summed E-state index contributed by atoms with van der Waals surface area (Å²) in [5, 5.41) is 16.6. The molecule has 9 heteroatoms. The van der Waals surface area contributed by atoms with Crippen LogP contribution in [0, 0.1) is 30.0 Å². The summed E-state index contributed by atoms with van der Waals surface area (Å²) >= 11 is 0. The van der Waals surface area contributed by atoms with Gasteiger partial charge in [-0.1, -0.05) is 27.3 Å². The predicted molar refractivity (Wildman–Crippen MR) is 129 cm³/mol. The first-order chi connectivity index (χ1) is 15.8. The molecule has 0 bridgehead atoms. The second-order valence-electron chi connectivity index (χ2n) is 8.67. The minimum atomic E-state index is -0.429. The van der Waals surface area contributed by atoms with Crippen molar-refractivity contribution in [3.63, 3.8) is 0 Å². The third-order valence-corrected chi connectivity index (χ3v) is 5.87. The Kier molecular flexibility index (Phi) is 7.30. The number of nitrogens with zero attached hydrogens (tertiary/aromatic N) is 6. The van der Waals surface area contributed by atoms with Crippen molar-refractivity contribution in [3.8, 4) is 6.07 Å². The van der Waals surface area contributed by atoms with Crippen LogP contribution in [0.2, 0.25) is 0 Å². The molecule has 1 aliphatic heterocycles. The number of benzene rings is 1. The van der Waals surface area contributed by atoms with Crippen LogP contribution in [-0.2, 0) is 24.2 Å². The third-order valence-electron chi connectivity index (χ3n) is 5.87. The van der Waals surface area contributed by atoms with E-state index in [2.05, 4.69) is 15.4 Å². The number of hydrogen-bond donors (Lipinski definition) is 1. The van der Waals surface area contributed by atoms with Crippen LogP contribution in [0.15, 0.2) is 30.6 Å². The van der Waals surface area contributed by atoms with Gasteiger partial charge in [-0.2, -0.15) is 10.4 Å². The average Bonchev–Trinajstić information content (AvgIpc) is 3.21. The smallest absolute Gasteiger partial charge is 0.247 e. The maximum absolute atomic E-state index is 13.4. The van der Waals surface area contributed by atoms with E-state index < -0.39 is 5.82 Å². The largest absolute Gasteiger partial charge is 0.346 e. The molecule has 2 aromatic heterocycles. The van der Waals surface area contributed by atoms with Gasteiger partial charge >= 0.3 is 0 Å². The predicted octanol–water partition coefficient (Wildman–Crippen LogP) is 3.87. The number of anilines is 2. The summed E-state index contributed by atoms with van der Waals surface area (Å²) in [6.45, 7) is 6.30. The zero-order valence-electron chi connectivity index (χ0n) is 19.1. The molecule has 1 atom stereocenters. The second-order valence-corrected chi connectivity index (χ2v) is 8.67. The average molecular weight is 464 g/mol. The molecular weight excluding hydrogens is 433 g/mol. The van der Waals surface area contributed by atoms with Gasteiger partial charge in [0.15, 0.2) is 5.82 Å². The Morgan fingerprint density at radius 2 is 2.03 bits per heavy atom. The molecule has 0 radical (unpaired) electrons. The van der Waals surface area contributed by atoms with Crippen molar-refractivity contribution in [2.75, 3.05) is 17.3 Å². The quantitative estimate of drug-likeness (QED) is 0.596. The minimum Gasteiger partial charge on any atom is -0.346 e. The first-order valence-corrected chi connectivity index (χ1v) is 10.9. The number of nitrogens with one attached hydrogen (secondary N) is 1. The van der Waals surface area contributed by atoms with Crippen LogP contribution in [0.1, 0.15) is 49.5 Å². The highest BCUT2D eigenvalue weighted by atomic mass is 19.1.